The molecule has 3 atom stereocenters. The number of ether oxygens (including phenoxy) is 1. The Labute approximate surface area is 239 Å². The van der Waals surface area contributed by atoms with Gasteiger partial charge >= 0.3 is 17.9 Å². The highest BCUT2D eigenvalue weighted by Crippen LogP contribution is 2.28. The van der Waals surface area contributed by atoms with E-state index in [1.807, 2.05) is 0 Å². The number of ketones is 1. The number of benzene rings is 1. The van der Waals surface area contributed by atoms with E-state index in [1.165, 1.54) is 25.1 Å². The molecule has 15 heteroatoms. The van der Waals surface area contributed by atoms with Crippen LogP contribution in [-0.2, 0) is 33.5 Å². The van der Waals surface area contributed by atoms with E-state index in [9.17, 15) is 33.9 Å². The SMILES string of the molecule is CC(C)C(NC(=O)CCC(=O)O)C1=NOC(C)(C(=O)NC(CC(=O)O)C(=O)COC(=O)c2c(Cl)cccc2Cl)C1. The maximum atomic E-state index is 13.1. The summed E-state index contributed by atoms with van der Waals surface area (Å²) in [7, 11) is 0. The molecular formula is C25H29Cl2N3O10. The fraction of sp³-hybridized carbons (Fsp3) is 0.480. The lowest BCUT2D eigenvalue weighted by molar-refractivity contribution is -0.146. The molecule has 1 aliphatic rings. The predicted octanol–water partition coefficient (Wildman–Crippen LogP) is 2.22. The van der Waals surface area contributed by atoms with Crippen LogP contribution in [0.25, 0.3) is 0 Å². The normalized spacial score (nSPS) is 17.7. The fourth-order valence-electron chi connectivity index (χ4n) is 3.69. The summed E-state index contributed by atoms with van der Waals surface area (Å²) >= 11 is 11.9. The Hall–Kier alpha value is -3.71. The van der Waals surface area contributed by atoms with Crippen molar-refractivity contribution in [3.05, 3.63) is 33.8 Å². The number of aliphatic carboxylic acids is 2. The first kappa shape index (κ1) is 32.5. The van der Waals surface area contributed by atoms with E-state index in [1.54, 1.807) is 13.8 Å². The molecule has 0 radical (unpaired) electrons. The van der Waals surface area contributed by atoms with Crippen molar-refractivity contribution in [2.24, 2.45) is 11.1 Å². The molecule has 4 N–H and O–H groups in total. The van der Waals surface area contributed by atoms with Crippen LogP contribution in [-0.4, -0.2) is 75.7 Å². The number of carboxylic acids is 2. The maximum Gasteiger partial charge on any atom is 0.341 e. The van der Waals surface area contributed by atoms with Crippen LogP contribution in [0.3, 0.4) is 0 Å². The third kappa shape index (κ3) is 8.91. The Morgan fingerprint density at radius 2 is 1.68 bits per heavy atom. The summed E-state index contributed by atoms with van der Waals surface area (Å²) < 4.78 is 4.96. The summed E-state index contributed by atoms with van der Waals surface area (Å²) in [6, 6.07) is 2.03. The molecule has 2 amide bonds. The lowest BCUT2D eigenvalue weighted by atomic mass is 9.90. The summed E-state index contributed by atoms with van der Waals surface area (Å²) in [5.41, 5.74) is -1.54. The number of carboxylic acid groups (broad SMARTS) is 2. The molecule has 40 heavy (non-hydrogen) atoms. The maximum absolute atomic E-state index is 13.1. The average molecular weight is 602 g/mol. The van der Waals surface area contributed by atoms with Gasteiger partial charge in [0.05, 0.1) is 40.2 Å². The van der Waals surface area contributed by atoms with Crippen molar-refractivity contribution in [1.82, 2.24) is 10.6 Å². The lowest BCUT2D eigenvalue weighted by Gasteiger charge is -2.25. The summed E-state index contributed by atoms with van der Waals surface area (Å²) in [6.45, 7) is 4.04. The summed E-state index contributed by atoms with van der Waals surface area (Å²) in [5.74, 6) is -6.07. The predicted molar refractivity (Wildman–Crippen MR) is 141 cm³/mol. The number of hydrogen-bond donors (Lipinski definition) is 4. The van der Waals surface area contributed by atoms with E-state index < -0.39 is 66.2 Å². The highest BCUT2D eigenvalue weighted by atomic mass is 35.5. The van der Waals surface area contributed by atoms with Gasteiger partial charge in [0.25, 0.3) is 5.91 Å². The van der Waals surface area contributed by atoms with Crippen molar-refractivity contribution < 1.29 is 48.6 Å². The molecule has 0 saturated heterocycles. The minimum absolute atomic E-state index is 0.0137. The minimum atomic E-state index is -1.66. The zero-order valence-corrected chi connectivity index (χ0v) is 23.4. The Bertz CT molecular complexity index is 1200. The van der Waals surface area contributed by atoms with E-state index in [2.05, 4.69) is 15.8 Å². The number of nitrogens with one attached hydrogen (secondary N) is 2. The monoisotopic (exact) mass is 601 g/mol. The number of Topliss-reactive ketones (excluding diaryl/α,β-unsaturated/α-hetero) is 1. The smallest absolute Gasteiger partial charge is 0.341 e. The van der Waals surface area contributed by atoms with Gasteiger partial charge in [-0.1, -0.05) is 48.3 Å². The van der Waals surface area contributed by atoms with E-state index in [4.69, 9.17) is 37.9 Å². The number of carbonyl (C=O) groups excluding carboxylic acids is 4. The van der Waals surface area contributed by atoms with Gasteiger partial charge in [0.1, 0.15) is 6.04 Å². The molecule has 13 nitrogen and oxygen atoms in total. The highest BCUT2D eigenvalue weighted by Gasteiger charge is 2.45. The van der Waals surface area contributed by atoms with Gasteiger partial charge in [-0.3, -0.25) is 24.0 Å². The Balaban J connectivity index is 2.07. The summed E-state index contributed by atoms with van der Waals surface area (Å²) in [6.07, 6.45) is -1.54. The van der Waals surface area contributed by atoms with Crippen molar-refractivity contribution in [1.29, 1.82) is 0 Å². The Morgan fingerprint density at radius 3 is 2.23 bits per heavy atom. The number of rotatable bonds is 14. The summed E-state index contributed by atoms with van der Waals surface area (Å²) in [4.78, 5) is 77.9. The van der Waals surface area contributed by atoms with Crippen LogP contribution in [0.2, 0.25) is 10.0 Å². The Morgan fingerprint density at radius 1 is 1.05 bits per heavy atom. The van der Waals surface area contributed by atoms with Gasteiger partial charge in [0.2, 0.25) is 11.5 Å². The second kappa shape index (κ2) is 14.1. The van der Waals surface area contributed by atoms with Crippen LogP contribution >= 0.6 is 23.2 Å². The van der Waals surface area contributed by atoms with Crippen molar-refractivity contribution in [3.8, 4) is 0 Å². The number of halogens is 2. The van der Waals surface area contributed by atoms with Crippen molar-refractivity contribution in [2.75, 3.05) is 6.61 Å². The summed E-state index contributed by atoms with van der Waals surface area (Å²) in [5, 5.41) is 26.9. The number of carbonyl (C=O) groups is 6. The second-order valence-corrected chi connectivity index (χ2v) is 10.3. The molecule has 1 aliphatic heterocycles. The molecule has 0 fully saturated rings. The van der Waals surface area contributed by atoms with Gasteiger partial charge in [-0.15, -0.1) is 0 Å². The molecule has 0 saturated carbocycles. The van der Waals surface area contributed by atoms with Gasteiger partial charge < -0.3 is 30.4 Å². The molecule has 1 aromatic carbocycles. The average Bonchev–Trinajstić information content (AvgIpc) is 3.26. The first-order chi connectivity index (χ1) is 18.6. The number of amides is 2. The molecular weight excluding hydrogens is 573 g/mol. The lowest BCUT2D eigenvalue weighted by Crippen LogP contribution is -2.53. The van der Waals surface area contributed by atoms with E-state index in [0.29, 0.717) is 5.71 Å². The van der Waals surface area contributed by atoms with Crippen LogP contribution in [0.4, 0.5) is 0 Å². The highest BCUT2D eigenvalue weighted by molar-refractivity contribution is 6.39. The van der Waals surface area contributed by atoms with Gasteiger partial charge in [-0.05, 0) is 25.0 Å². The molecule has 218 valence electrons. The molecule has 2 rings (SSSR count). The van der Waals surface area contributed by atoms with Crippen molar-refractivity contribution in [3.63, 3.8) is 0 Å². The van der Waals surface area contributed by atoms with Gasteiger partial charge in [0.15, 0.2) is 12.4 Å². The Kier molecular flexibility index (Phi) is 11.4. The quantitative estimate of drug-likeness (QED) is 0.229. The third-order valence-corrected chi connectivity index (χ3v) is 6.49. The number of nitrogens with zero attached hydrogens (tertiary/aromatic N) is 1. The first-order valence-corrected chi connectivity index (χ1v) is 12.8. The molecule has 1 heterocycles. The molecule has 0 bridgehead atoms. The van der Waals surface area contributed by atoms with Crippen LogP contribution in [0.5, 0.6) is 0 Å². The third-order valence-electron chi connectivity index (χ3n) is 5.86. The molecule has 1 aromatic rings. The standard InChI is InChI=1S/C25H29Cl2N3O10/c1-12(2)22(29-18(32)7-8-19(33)34)16-10-25(3,40-30-16)24(38)28-15(9-20(35)36)17(31)11-39-23(37)21-13(26)5-4-6-14(21)27/h4-6,12,15,22H,7-11H2,1-3H3,(H,28,38)(H,29,32)(H,33,34)(H,35,36). The fourth-order valence-corrected chi connectivity index (χ4v) is 4.24. The largest absolute Gasteiger partial charge is 0.481 e. The minimum Gasteiger partial charge on any atom is -0.481 e. The molecule has 3 unspecified atom stereocenters. The number of esters is 1. The van der Waals surface area contributed by atoms with Gasteiger partial charge in [-0.2, -0.15) is 0 Å². The van der Waals surface area contributed by atoms with E-state index in [-0.39, 0.29) is 40.8 Å². The zero-order chi connectivity index (χ0) is 30.2. The van der Waals surface area contributed by atoms with E-state index >= 15 is 0 Å². The molecule has 0 aliphatic carbocycles. The molecule has 0 spiro atoms. The molecule has 0 aromatic heterocycles. The van der Waals surface area contributed by atoms with E-state index in [0.717, 1.165) is 0 Å². The second-order valence-electron chi connectivity index (χ2n) is 9.53. The number of hydrogen-bond acceptors (Lipinski definition) is 9. The van der Waals surface area contributed by atoms with Gasteiger partial charge in [-0.25, -0.2) is 4.79 Å². The van der Waals surface area contributed by atoms with Crippen LogP contribution in [0.15, 0.2) is 23.4 Å². The van der Waals surface area contributed by atoms with Gasteiger partial charge in [0, 0.05) is 12.8 Å². The topological polar surface area (TPSA) is 198 Å². The van der Waals surface area contributed by atoms with Crippen molar-refractivity contribution in [2.45, 2.75) is 64.1 Å². The zero-order valence-electron chi connectivity index (χ0n) is 21.9. The van der Waals surface area contributed by atoms with Crippen LogP contribution in [0, 0.1) is 5.92 Å². The first-order valence-electron chi connectivity index (χ1n) is 12.1. The van der Waals surface area contributed by atoms with Crippen molar-refractivity contribution >= 4 is 64.4 Å². The van der Waals surface area contributed by atoms with Crippen LogP contribution < -0.4 is 10.6 Å². The number of oxime groups is 1. The van der Waals surface area contributed by atoms with Crippen LogP contribution in [0.1, 0.15) is 56.8 Å².